The molecule has 0 fully saturated rings. The molecule has 0 spiro atoms. The number of carboxylic acids is 2. The summed E-state index contributed by atoms with van der Waals surface area (Å²) in [5.74, 6) is -2.88. The third-order valence-electron chi connectivity index (χ3n) is 2.56. The third-order valence-corrected chi connectivity index (χ3v) is 4.05. The standard InChI is InChI=1S/C12H15NO6S.Li/c1-8-2-4-9(5-3-8)20(18,19)13-10(12(16)17)6-7-11(14)15;/h2-5,10,13H,6-7H2,1H3,(H,14,15)(H,16,17);/q;+1/p-1/t10-;/m0./s1. The maximum atomic E-state index is 12.0. The Kier molecular flexibility index (Phi) is 7.67. The van der Waals surface area contributed by atoms with E-state index in [2.05, 4.69) is 0 Å². The maximum Gasteiger partial charge on any atom is 1.00 e. The topological polar surface area (TPSA) is 124 Å². The average Bonchev–Trinajstić information content (AvgIpc) is 2.34. The van der Waals surface area contributed by atoms with E-state index in [4.69, 9.17) is 5.11 Å². The number of rotatable bonds is 7. The molecule has 0 aliphatic heterocycles. The van der Waals surface area contributed by atoms with Gasteiger partial charge in [0.15, 0.2) is 0 Å². The predicted molar refractivity (Wildman–Crippen MR) is 67.2 cm³/mol. The minimum absolute atomic E-state index is 0. The van der Waals surface area contributed by atoms with E-state index in [0.717, 1.165) is 5.56 Å². The van der Waals surface area contributed by atoms with Crippen LogP contribution in [0.4, 0.5) is 0 Å². The maximum absolute atomic E-state index is 12.0. The Morgan fingerprint density at radius 1 is 1.29 bits per heavy atom. The molecule has 21 heavy (non-hydrogen) atoms. The van der Waals surface area contributed by atoms with Crippen molar-refractivity contribution in [2.75, 3.05) is 0 Å². The molecule has 1 aromatic rings. The molecule has 1 atom stereocenters. The Morgan fingerprint density at radius 2 is 1.81 bits per heavy atom. The van der Waals surface area contributed by atoms with Crippen molar-refractivity contribution < 1.29 is 47.1 Å². The van der Waals surface area contributed by atoms with Gasteiger partial charge in [-0.1, -0.05) is 17.7 Å². The number of hydrogen-bond donors (Lipinski definition) is 2. The Balaban J connectivity index is 0.00000400. The first-order valence-corrected chi connectivity index (χ1v) is 7.22. The molecule has 9 heteroatoms. The molecule has 7 nitrogen and oxygen atoms in total. The fourth-order valence-electron chi connectivity index (χ4n) is 1.47. The van der Waals surface area contributed by atoms with Crippen molar-refractivity contribution in [3.8, 4) is 0 Å². The number of nitrogens with one attached hydrogen (secondary N) is 1. The Bertz CT molecular complexity index is 599. The first-order chi connectivity index (χ1) is 9.22. The minimum Gasteiger partial charge on any atom is -0.548 e. The summed E-state index contributed by atoms with van der Waals surface area (Å²) in [5, 5.41) is 19.3. The summed E-state index contributed by atoms with van der Waals surface area (Å²) in [6, 6.07) is 4.22. The van der Waals surface area contributed by atoms with Gasteiger partial charge in [0, 0.05) is 6.42 Å². The molecule has 1 rings (SSSR count). The quantitative estimate of drug-likeness (QED) is 0.499. The van der Waals surface area contributed by atoms with Crippen molar-refractivity contribution in [1.29, 1.82) is 0 Å². The predicted octanol–water partition coefficient (Wildman–Crippen LogP) is -3.74. The molecule has 0 aliphatic rings. The number of carbonyl (C=O) groups is 2. The van der Waals surface area contributed by atoms with Crippen LogP contribution in [0.15, 0.2) is 29.2 Å². The Morgan fingerprint density at radius 3 is 2.24 bits per heavy atom. The van der Waals surface area contributed by atoms with Crippen LogP contribution in [-0.2, 0) is 19.6 Å². The molecule has 0 saturated carbocycles. The van der Waals surface area contributed by atoms with Gasteiger partial charge in [-0.25, -0.2) is 13.1 Å². The van der Waals surface area contributed by atoms with Crippen LogP contribution >= 0.6 is 0 Å². The van der Waals surface area contributed by atoms with Crippen molar-refractivity contribution in [3.05, 3.63) is 29.8 Å². The SMILES string of the molecule is Cc1ccc(S(=O)(=O)N[C@@H](CCC(=O)O)C(=O)[O-])cc1.[Li+]. The molecule has 0 amide bonds. The molecule has 0 radical (unpaired) electrons. The minimum atomic E-state index is -4.03. The number of aliphatic carboxylic acids is 2. The number of hydrogen-bond acceptors (Lipinski definition) is 5. The van der Waals surface area contributed by atoms with Crippen LogP contribution in [0.2, 0.25) is 0 Å². The van der Waals surface area contributed by atoms with Crippen LogP contribution in [0.5, 0.6) is 0 Å². The summed E-state index contributed by atoms with van der Waals surface area (Å²) < 4.78 is 25.8. The molecule has 0 heterocycles. The molecule has 1 aromatic carbocycles. The van der Waals surface area contributed by atoms with Gasteiger partial charge < -0.3 is 15.0 Å². The average molecular weight is 307 g/mol. The summed E-state index contributed by atoms with van der Waals surface area (Å²) in [6.07, 6.45) is -0.863. The van der Waals surface area contributed by atoms with E-state index >= 15 is 0 Å². The number of sulfonamides is 1. The fraction of sp³-hybridized carbons (Fsp3) is 0.333. The number of carbonyl (C=O) groups excluding carboxylic acids is 1. The first kappa shape index (κ1) is 19.7. The fourth-order valence-corrected chi connectivity index (χ4v) is 2.68. The van der Waals surface area contributed by atoms with Gasteiger partial charge in [-0.05, 0) is 25.5 Å². The molecular formula is C12H14LiNO6S. The van der Waals surface area contributed by atoms with Crippen molar-refractivity contribution >= 4 is 22.0 Å². The normalized spacial score (nSPS) is 12.2. The molecule has 110 valence electrons. The summed E-state index contributed by atoms with van der Waals surface area (Å²) in [5.41, 5.74) is 0.853. The zero-order valence-corrected chi connectivity index (χ0v) is 12.5. The number of carboxylic acid groups (broad SMARTS) is 2. The van der Waals surface area contributed by atoms with E-state index in [9.17, 15) is 23.1 Å². The van der Waals surface area contributed by atoms with E-state index < -0.39 is 34.4 Å². The summed E-state index contributed by atoms with van der Waals surface area (Å²) >= 11 is 0. The van der Waals surface area contributed by atoms with Crippen LogP contribution in [0, 0.1) is 6.92 Å². The van der Waals surface area contributed by atoms with Crippen LogP contribution < -0.4 is 28.7 Å². The van der Waals surface area contributed by atoms with Gasteiger partial charge in [0.05, 0.1) is 16.9 Å². The number of aryl methyl sites for hydroxylation is 1. The Labute approximate surface area is 134 Å². The summed E-state index contributed by atoms with van der Waals surface area (Å²) in [6.45, 7) is 1.78. The van der Waals surface area contributed by atoms with Gasteiger partial charge in [0.1, 0.15) is 0 Å². The second-order valence-corrected chi connectivity index (χ2v) is 5.95. The second kappa shape index (κ2) is 8.19. The van der Waals surface area contributed by atoms with Crippen molar-refractivity contribution in [2.24, 2.45) is 0 Å². The first-order valence-electron chi connectivity index (χ1n) is 5.74. The molecule has 0 aromatic heterocycles. The van der Waals surface area contributed by atoms with Crippen molar-refractivity contribution in [2.45, 2.75) is 30.7 Å². The van der Waals surface area contributed by atoms with Gasteiger partial charge in [-0.2, -0.15) is 0 Å². The monoisotopic (exact) mass is 307 g/mol. The van der Waals surface area contributed by atoms with Crippen LogP contribution in [0.25, 0.3) is 0 Å². The van der Waals surface area contributed by atoms with Gasteiger partial charge in [-0.15, -0.1) is 0 Å². The van der Waals surface area contributed by atoms with Crippen LogP contribution in [0.1, 0.15) is 18.4 Å². The van der Waals surface area contributed by atoms with E-state index in [1.54, 1.807) is 19.1 Å². The largest absolute Gasteiger partial charge is 1.00 e. The van der Waals surface area contributed by atoms with Crippen LogP contribution in [0.3, 0.4) is 0 Å². The van der Waals surface area contributed by atoms with Gasteiger partial charge in [0.25, 0.3) is 0 Å². The Hall–Kier alpha value is -1.33. The van der Waals surface area contributed by atoms with Gasteiger partial charge in [0.2, 0.25) is 10.0 Å². The molecule has 0 saturated heterocycles. The van der Waals surface area contributed by atoms with E-state index in [0.29, 0.717) is 0 Å². The van der Waals surface area contributed by atoms with Gasteiger partial charge >= 0.3 is 24.8 Å². The van der Waals surface area contributed by atoms with Gasteiger partial charge in [-0.3, -0.25) is 4.79 Å². The van der Waals surface area contributed by atoms with E-state index in [1.807, 2.05) is 4.72 Å². The summed E-state index contributed by atoms with van der Waals surface area (Å²) in [4.78, 5) is 21.2. The zero-order chi connectivity index (χ0) is 15.3. The van der Waals surface area contributed by atoms with Crippen molar-refractivity contribution in [1.82, 2.24) is 4.72 Å². The molecule has 0 unspecified atom stereocenters. The van der Waals surface area contributed by atoms with Crippen LogP contribution in [-0.4, -0.2) is 31.5 Å². The molecule has 0 aliphatic carbocycles. The number of benzene rings is 1. The summed E-state index contributed by atoms with van der Waals surface area (Å²) in [7, 11) is -4.03. The smallest absolute Gasteiger partial charge is 0.548 e. The van der Waals surface area contributed by atoms with Crippen molar-refractivity contribution in [3.63, 3.8) is 0 Å². The molecular weight excluding hydrogens is 293 g/mol. The van der Waals surface area contributed by atoms with E-state index in [-0.39, 0.29) is 30.2 Å². The zero-order valence-electron chi connectivity index (χ0n) is 11.7. The third kappa shape index (κ3) is 6.31. The second-order valence-electron chi connectivity index (χ2n) is 4.24. The molecule has 2 N–H and O–H groups in total. The van der Waals surface area contributed by atoms with E-state index in [1.165, 1.54) is 12.1 Å². The molecule has 0 bridgehead atoms.